The average Bonchev–Trinajstić information content (AvgIpc) is 2.46. The molecule has 1 atom stereocenters. The van der Waals surface area contributed by atoms with Gasteiger partial charge in [0.15, 0.2) is 5.78 Å². The minimum atomic E-state index is -0.642. The maximum atomic E-state index is 12.0. The van der Waals surface area contributed by atoms with Crippen LogP contribution < -0.4 is 5.32 Å². The second-order valence-corrected chi connectivity index (χ2v) is 4.89. The number of halogens is 1. The van der Waals surface area contributed by atoms with Crippen molar-refractivity contribution in [3.8, 4) is 0 Å². The van der Waals surface area contributed by atoms with Crippen molar-refractivity contribution in [2.24, 2.45) is 0 Å². The predicted molar refractivity (Wildman–Crippen MR) is 85.0 cm³/mol. The van der Waals surface area contributed by atoms with Gasteiger partial charge >= 0.3 is 0 Å². The first-order chi connectivity index (χ1) is 9.13. The van der Waals surface area contributed by atoms with E-state index in [0.717, 1.165) is 5.56 Å². The van der Waals surface area contributed by atoms with Crippen LogP contribution in [0.15, 0.2) is 60.7 Å². The third-order valence-electron chi connectivity index (χ3n) is 3.54. The molecule has 0 spiro atoms. The molecule has 0 fully saturated rings. The van der Waals surface area contributed by atoms with Gasteiger partial charge in [-0.05, 0) is 25.0 Å². The van der Waals surface area contributed by atoms with Crippen LogP contribution in [0.25, 0.3) is 0 Å². The first-order valence-corrected chi connectivity index (χ1v) is 6.48. The van der Waals surface area contributed by atoms with E-state index in [9.17, 15) is 4.79 Å². The van der Waals surface area contributed by atoms with Crippen LogP contribution >= 0.6 is 12.4 Å². The summed E-state index contributed by atoms with van der Waals surface area (Å²) in [5, 5.41) is 3.38. The fraction of sp³-hybridized carbons (Fsp3) is 0.235. The molecule has 1 unspecified atom stereocenters. The van der Waals surface area contributed by atoms with Crippen LogP contribution in [0.4, 0.5) is 0 Å². The Morgan fingerprint density at radius 3 is 2.00 bits per heavy atom. The highest BCUT2D eigenvalue weighted by Gasteiger charge is 2.30. The predicted octanol–water partition coefficient (Wildman–Crippen LogP) is 3.70. The van der Waals surface area contributed by atoms with Gasteiger partial charge in [0.1, 0.15) is 0 Å². The summed E-state index contributed by atoms with van der Waals surface area (Å²) in [6.07, 6.45) is 0. The van der Waals surface area contributed by atoms with Gasteiger partial charge in [-0.15, -0.1) is 12.4 Å². The molecule has 0 aliphatic heterocycles. The Morgan fingerprint density at radius 2 is 1.50 bits per heavy atom. The third kappa shape index (κ3) is 3.69. The van der Waals surface area contributed by atoms with Gasteiger partial charge in [0, 0.05) is 6.54 Å². The van der Waals surface area contributed by atoms with E-state index in [0.29, 0.717) is 6.54 Å². The SMILES string of the molecule is CC(=O)C(C)(NCc1ccccc1)c1ccccc1.Cl. The zero-order chi connectivity index (χ0) is 13.7. The molecule has 2 aromatic carbocycles. The number of carbonyl (C=O) groups excluding carboxylic acids is 1. The highest BCUT2D eigenvalue weighted by molar-refractivity contribution is 5.87. The van der Waals surface area contributed by atoms with E-state index in [4.69, 9.17) is 0 Å². The van der Waals surface area contributed by atoms with E-state index in [1.807, 2.05) is 55.5 Å². The van der Waals surface area contributed by atoms with Crippen LogP contribution in [0.5, 0.6) is 0 Å². The van der Waals surface area contributed by atoms with Crippen molar-refractivity contribution in [1.82, 2.24) is 5.32 Å². The molecule has 0 aliphatic rings. The number of nitrogens with one attached hydrogen (secondary N) is 1. The summed E-state index contributed by atoms with van der Waals surface area (Å²) in [7, 11) is 0. The minimum absolute atomic E-state index is 0. The highest BCUT2D eigenvalue weighted by atomic mass is 35.5. The molecule has 0 amide bonds. The number of carbonyl (C=O) groups is 1. The smallest absolute Gasteiger partial charge is 0.154 e. The molecule has 1 N–H and O–H groups in total. The standard InChI is InChI=1S/C17H19NO.ClH/c1-14(19)17(2,16-11-7-4-8-12-16)18-13-15-9-5-3-6-10-15;/h3-12,18H,13H2,1-2H3;1H. The van der Waals surface area contributed by atoms with Crippen molar-refractivity contribution in [3.63, 3.8) is 0 Å². The van der Waals surface area contributed by atoms with Crippen LogP contribution in [-0.4, -0.2) is 5.78 Å². The monoisotopic (exact) mass is 289 g/mol. The van der Waals surface area contributed by atoms with Crippen LogP contribution in [0.1, 0.15) is 25.0 Å². The van der Waals surface area contributed by atoms with Gasteiger partial charge in [-0.2, -0.15) is 0 Å². The Morgan fingerprint density at radius 1 is 1.00 bits per heavy atom. The van der Waals surface area contributed by atoms with Gasteiger partial charge in [0.2, 0.25) is 0 Å². The Bertz CT molecular complexity index is 541. The second-order valence-electron chi connectivity index (χ2n) is 4.89. The summed E-state index contributed by atoms with van der Waals surface area (Å²) in [6.45, 7) is 4.24. The number of ketones is 1. The molecule has 2 nitrogen and oxygen atoms in total. The van der Waals surface area contributed by atoms with E-state index < -0.39 is 5.54 Å². The topological polar surface area (TPSA) is 29.1 Å². The third-order valence-corrected chi connectivity index (χ3v) is 3.54. The Kier molecular flexibility index (Phi) is 5.93. The largest absolute Gasteiger partial charge is 0.298 e. The van der Waals surface area contributed by atoms with Gasteiger partial charge in [0.25, 0.3) is 0 Å². The van der Waals surface area contributed by atoms with E-state index >= 15 is 0 Å². The molecular formula is C17H20ClNO. The molecule has 0 aromatic heterocycles. The fourth-order valence-corrected chi connectivity index (χ4v) is 2.08. The van der Waals surface area contributed by atoms with Gasteiger partial charge < -0.3 is 0 Å². The zero-order valence-corrected chi connectivity index (χ0v) is 12.6. The normalized spacial score (nSPS) is 13.1. The van der Waals surface area contributed by atoms with Crippen LogP contribution in [0, 0.1) is 0 Å². The lowest BCUT2D eigenvalue weighted by atomic mass is 9.88. The summed E-state index contributed by atoms with van der Waals surface area (Å²) < 4.78 is 0. The van der Waals surface area contributed by atoms with Crippen molar-refractivity contribution in [3.05, 3.63) is 71.8 Å². The van der Waals surface area contributed by atoms with Crippen molar-refractivity contribution >= 4 is 18.2 Å². The Labute approximate surface area is 126 Å². The van der Waals surface area contributed by atoms with Crippen molar-refractivity contribution in [2.75, 3.05) is 0 Å². The van der Waals surface area contributed by atoms with E-state index in [1.54, 1.807) is 6.92 Å². The molecule has 0 radical (unpaired) electrons. The molecule has 0 saturated heterocycles. The number of hydrogen-bond acceptors (Lipinski definition) is 2. The molecule has 0 aliphatic carbocycles. The second kappa shape index (κ2) is 7.22. The Balaban J connectivity index is 0.00000200. The molecule has 2 aromatic rings. The van der Waals surface area contributed by atoms with Crippen LogP contribution in [0.3, 0.4) is 0 Å². The fourth-order valence-electron chi connectivity index (χ4n) is 2.08. The summed E-state index contributed by atoms with van der Waals surface area (Å²) in [4.78, 5) is 12.0. The maximum absolute atomic E-state index is 12.0. The lowest BCUT2D eigenvalue weighted by Gasteiger charge is -2.29. The van der Waals surface area contributed by atoms with Gasteiger partial charge in [-0.25, -0.2) is 0 Å². The number of benzene rings is 2. The summed E-state index contributed by atoms with van der Waals surface area (Å²) in [6, 6.07) is 20.0. The van der Waals surface area contributed by atoms with E-state index in [1.165, 1.54) is 5.56 Å². The molecule has 0 saturated carbocycles. The van der Waals surface area contributed by atoms with E-state index in [-0.39, 0.29) is 18.2 Å². The summed E-state index contributed by atoms with van der Waals surface area (Å²) in [5.41, 5.74) is 1.53. The molecule has 106 valence electrons. The van der Waals surface area contributed by atoms with E-state index in [2.05, 4.69) is 17.4 Å². The first-order valence-electron chi connectivity index (χ1n) is 6.48. The minimum Gasteiger partial charge on any atom is -0.298 e. The molecular weight excluding hydrogens is 270 g/mol. The maximum Gasteiger partial charge on any atom is 0.154 e. The molecule has 3 heteroatoms. The summed E-state index contributed by atoms with van der Waals surface area (Å²) >= 11 is 0. The van der Waals surface area contributed by atoms with Crippen LogP contribution in [0.2, 0.25) is 0 Å². The van der Waals surface area contributed by atoms with Crippen molar-refractivity contribution in [1.29, 1.82) is 0 Å². The average molecular weight is 290 g/mol. The van der Waals surface area contributed by atoms with Gasteiger partial charge in [-0.1, -0.05) is 60.7 Å². The molecule has 0 bridgehead atoms. The number of Topliss-reactive ketones (excluding diaryl/α,β-unsaturated/α-hetero) is 1. The first kappa shape index (κ1) is 16.4. The van der Waals surface area contributed by atoms with Crippen LogP contribution in [-0.2, 0) is 16.9 Å². The lowest BCUT2D eigenvalue weighted by Crippen LogP contribution is -2.45. The quantitative estimate of drug-likeness (QED) is 0.909. The molecule has 0 heterocycles. The molecule has 20 heavy (non-hydrogen) atoms. The highest BCUT2D eigenvalue weighted by Crippen LogP contribution is 2.22. The van der Waals surface area contributed by atoms with Crippen molar-refractivity contribution < 1.29 is 4.79 Å². The number of rotatable bonds is 5. The van der Waals surface area contributed by atoms with Crippen molar-refractivity contribution in [2.45, 2.75) is 25.9 Å². The van der Waals surface area contributed by atoms with Gasteiger partial charge in [-0.3, -0.25) is 10.1 Å². The zero-order valence-electron chi connectivity index (χ0n) is 11.8. The number of hydrogen-bond donors (Lipinski definition) is 1. The molecule has 2 rings (SSSR count). The lowest BCUT2D eigenvalue weighted by molar-refractivity contribution is -0.123. The Hall–Kier alpha value is -1.64. The van der Waals surface area contributed by atoms with Gasteiger partial charge in [0.05, 0.1) is 5.54 Å². The summed E-state index contributed by atoms with van der Waals surface area (Å²) in [5.74, 6) is 0.120.